The SMILES string of the molecule is O=C(c1cccc(Cl)c1)N1CCN(C(=O)C2CCCN2c2nccs2)CC1. The molecule has 142 valence electrons. The number of aromatic nitrogens is 1. The Bertz CT molecular complexity index is 821. The molecular weight excluding hydrogens is 384 g/mol. The van der Waals surface area contributed by atoms with Gasteiger partial charge in [0.1, 0.15) is 6.04 Å². The zero-order chi connectivity index (χ0) is 18.8. The van der Waals surface area contributed by atoms with E-state index in [1.807, 2.05) is 10.3 Å². The van der Waals surface area contributed by atoms with Crippen LogP contribution in [0.3, 0.4) is 0 Å². The lowest BCUT2D eigenvalue weighted by molar-refractivity contribution is -0.133. The minimum absolute atomic E-state index is 0.0325. The van der Waals surface area contributed by atoms with Gasteiger partial charge in [-0.25, -0.2) is 4.98 Å². The molecule has 0 spiro atoms. The fourth-order valence-electron chi connectivity index (χ4n) is 3.75. The number of carbonyl (C=O) groups is 2. The standard InChI is InChI=1S/C19H21ClN4O2S/c20-15-4-1-3-14(13-15)17(25)22-8-10-23(11-9-22)18(26)16-5-2-7-24(16)19-21-6-12-27-19/h1,3-4,6,12-13,16H,2,5,7-11H2. The van der Waals surface area contributed by atoms with Crippen molar-refractivity contribution >= 4 is 39.9 Å². The van der Waals surface area contributed by atoms with Crippen LogP contribution >= 0.6 is 22.9 Å². The third-order valence-electron chi connectivity index (χ3n) is 5.15. The van der Waals surface area contributed by atoms with Crippen LogP contribution in [-0.4, -0.2) is 65.4 Å². The van der Waals surface area contributed by atoms with Gasteiger partial charge < -0.3 is 14.7 Å². The van der Waals surface area contributed by atoms with Gasteiger partial charge in [-0.2, -0.15) is 0 Å². The van der Waals surface area contributed by atoms with Crippen LogP contribution in [-0.2, 0) is 4.79 Å². The predicted octanol–water partition coefficient (Wildman–Crippen LogP) is 2.75. The van der Waals surface area contributed by atoms with Crippen molar-refractivity contribution in [2.45, 2.75) is 18.9 Å². The van der Waals surface area contributed by atoms with Gasteiger partial charge in [-0.05, 0) is 31.0 Å². The van der Waals surface area contributed by atoms with Gasteiger partial charge in [0.05, 0.1) is 0 Å². The van der Waals surface area contributed by atoms with E-state index >= 15 is 0 Å². The highest BCUT2D eigenvalue weighted by atomic mass is 35.5. The molecular formula is C19H21ClN4O2S. The molecule has 1 aromatic heterocycles. The minimum atomic E-state index is -0.133. The molecule has 1 aromatic carbocycles. The van der Waals surface area contributed by atoms with Crippen LogP contribution in [0, 0.1) is 0 Å². The average molecular weight is 405 g/mol. The number of anilines is 1. The molecule has 1 atom stereocenters. The first-order chi connectivity index (χ1) is 13.1. The van der Waals surface area contributed by atoms with Gasteiger partial charge in [0, 0.05) is 54.9 Å². The van der Waals surface area contributed by atoms with Gasteiger partial charge >= 0.3 is 0 Å². The lowest BCUT2D eigenvalue weighted by atomic mass is 10.1. The summed E-state index contributed by atoms with van der Waals surface area (Å²) in [7, 11) is 0. The Morgan fingerprint density at radius 1 is 1.11 bits per heavy atom. The lowest BCUT2D eigenvalue weighted by Gasteiger charge is -2.37. The number of nitrogens with zero attached hydrogens (tertiary/aromatic N) is 4. The minimum Gasteiger partial charge on any atom is -0.337 e. The maximum atomic E-state index is 13.0. The zero-order valence-corrected chi connectivity index (χ0v) is 16.5. The highest BCUT2D eigenvalue weighted by Gasteiger charge is 2.36. The van der Waals surface area contributed by atoms with Crippen molar-refractivity contribution in [1.82, 2.24) is 14.8 Å². The van der Waals surface area contributed by atoms with Crippen LogP contribution in [0.5, 0.6) is 0 Å². The molecule has 0 aliphatic carbocycles. The first kappa shape index (κ1) is 18.3. The topological polar surface area (TPSA) is 56.8 Å². The van der Waals surface area contributed by atoms with Crippen molar-refractivity contribution < 1.29 is 9.59 Å². The second kappa shape index (κ2) is 7.86. The number of halogens is 1. The fraction of sp³-hybridized carbons (Fsp3) is 0.421. The molecule has 2 aromatic rings. The van der Waals surface area contributed by atoms with E-state index in [1.165, 1.54) is 0 Å². The summed E-state index contributed by atoms with van der Waals surface area (Å²) >= 11 is 7.56. The Morgan fingerprint density at radius 2 is 1.89 bits per heavy atom. The van der Waals surface area contributed by atoms with Crippen molar-refractivity contribution in [2.24, 2.45) is 0 Å². The zero-order valence-electron chi connectivity index (χ0n) is 14.9. The van der Waals surface area contributed by atoms with Crippen LogP contribution in [0.15, 0.2) is 35.8 Å². The summed E-state index contributed by atoms with van der Waals surface area (Å²) in [5, 5.41) is 3.41. The van der Waals surface area contributed by atoms with E-state index in [0.29, 0.717) is 36.8 Å². The molecule has 0 saturated carbocycles. The van der Waals surface area contributed by atoms with Crippen LogP contribution in [0.2, 0.25) is 5.02 Å². The molecule has 6 nitrogen and oxygen atoms in total. The molecule has 2 aliphatic rings. The third-order valence-corrected chi connectivity index (χ3v) is 6.20. The van der Waals surface area contributed by atoms with Crippen LogP contribution in [0.4, 0.5) is 5.13 Å². The number of rotatable bonds is 3. The third kappa shape index (κ3) is 3.80. The molecule has 4 rings (SSSR count). The van der Waals surface area contributed by atoms with Gasteiger partial charge in [0.2, 0.25) is 5.91 Å². The first-order valence-electron chi connectivity index (χ1n) is 9.13. The summed E-state index contributed by atoms with van der Waals surface area (Å²) in [4.78, 5) is 35.8. The second-order valence-corrected chi connectivity index (χ2v) is 8.10. The molecule has 2 fully saturated rings. The molecule has 0 bridgehead atoms. The van der Waals surface area contributed by atoms with Crippen LogP contribution < -0.4 is 4.90 Å². The first-order valence-corrected chi connectivity index (χ1v) is 10.4. The van der Waals surface area contributed by atoms with E-state index in [0.717, 1.165) is 24.5 Å². The number of carbonyl (C=O) groups excluding carboxylic acids is 2. The summed E-state index contributed by atoms with van der Waals surface area (Å²) in [5.41, 5.74) is 0.591. The van der Waals surface area contributed by atoms with Gasteiger partial charge in [-0.1, -0.05) is 17.7 Å². The number of thiazole rings is 1. The normalized spacial score (nSPS) is 20.2. The molecule has 27 heavy (non-hydrogen) atoms. The molecule has 0 N–H and O–H groups in total. The number of amides is 2. The Hall–Kier alpha value is -2.12. The smallest absolute Gasteiger partial charge is 0.254 e. The summed E-state index contributed by atoms with van der Waals surface area (Å²) in [6.45, 7) is 3.08. The Morgan fingerprint density at radius 3 is 2.59 bits per heavy atom. The van der Waals surface area contributed by atoms with E-state index in [-0.39, 0.29) is 17.9 Å². The van der Waals surface area contributed by atoms with Gasteiger partial charge in [-0.15, -0.1) is 11.3 Å². The fourth-order valence-corrected chi connectivity index (χ4v) is 4.66. The van der Waals surface area contributed by atoms with Crippen molar-refractivity contribution in [3.8, 4) is 0 Å². The molecule has 3 heterocycles. The van der Waals surface area contributed by atoms with Crippen molar-refractivity contribution in [3.63, 3.8) is 0 Å². The highest BCUT2D eigenvalue weighted by molar-refractivity contribution is 7.13. The Labute approximate surface area is 167 Å². The van der Waals surface area contributed by atoms with Crippen molar-refractivity contribution in [3.05, 3.63) is 46.4 Å². The quantitative estimate of drug-likeness (QED) is 0.789. The van der Waals surface area contributed by atoms with Gasteiger partial charge in [-0.3, -0.25) is 9.59 Å². The molecule has 0 radical (unpaired) electrons. The Balaban J connectivity index is 1.37. The van der Waals surface area contributed by atoms with Crippen LogP contribution in [0.1, 0.15) is 23.2 Å². The summed E-state index contributed by atoms with van der Waals surface area (Å²) in [5.74, 6) is 0.118. The molecule has 2 saturated heterocycles. The molecule has 1 unspecified atom stereocenters. The number of hydrogen-bond donors (Lipinski definition) is 0. The van der Waals surface area contributed by atoms with E-state index < -0.39 is 0 Å². The monoisotopic (exact) mass is 404 g/mol. The van der Waals surface area contributed by atoms with Crippen LogP contribution in [0.25, 0.3) is 0 Å². The number of hydrogen-bond acceptors (Lipinski definition) is 5. The van der Waals surface area contributed by atoms with E-state index in [2.05, 4.69) is 9.88 Å². The average Bonchev–Trinajstić information content (AvgIpc) is 3.38. The summed E-state index contributed by atoms with van der Waals surface area (Å²) < 4.78 is 0. The maximum Gasteiger partial charge on any atom is 0.254 e. The largest absolute Gasteiger partial charge is 0.337 e. The Kier molecular flexibility index (Phi) is 5.31. The molecule has 2 aliphatic heterocycles. The maximum absolute atomic E-state index is 13.0. The van der Waals surface area contributed by atoms with Crippen molar-refractivity contribution in [1.29, 1.82) is 0 Å². The van der Waals surface area contributed by atoms with Gasteiger partial charge in [0.15, 0.2) is 5.13 Å². The number of piperazine rings is 1. The van der Waals surface area contributed by atoms with E-state index in [4.69, 9.17) is 11.6 Å². The van der Waals surface area contributed by atoms with Gasteiger partial charge in [0.25, 0.3) is 5.91 Å². The van der Waals surface area contributed by atoms with E-state index in [9.17, 15) is 9.59 Å². The molecule has 8 heteroatoms. The predicted molar refractivity (Wildman–Crippen MR) is 106 cm³/mol. The second-order valence-electron chi connectivity index (χ2n) is 6.79. The molecule has 2 amide bonds. The highest BCUT2D eigenvalue weighted by Crippen LogP contribution is 2.28. The van der Waals surface area contributed by atoms with Crippen molar-refractivity contribution in [2.75, 3.05) is 37.6 Å². The van der Waals surface area contributed by atoms with E-state index in [1.54, 1.807) is 46.7 Å². The lowest BCUT2D eigenvalue weighted by Crippen LogP contribution is -2.54. The number of benzene rings is 1. The summed E-state index contributed by atoms with van der Waals surface area (Å²) in [6, 6.07) is 6.86. The summed E-state index contributed by atoms with van der Waals surface area (Å²) in [6.07, 6.45) is 3.64.